The lowest BCUT2D eigenvalue weighted by Gasteiger charge is -2.06. The maximum Gasteiger partial charge on any atom is 0.337 e. The number of carbonyl (C=O) groups excluding carboxylic acids is 1. The number of hydrogen-bond donors (Lipinski definition) is 0. The van der Waals surface area contributed by atoms with Crippen LogP contribution in [-0.2, 0) is 4.74 Å². The van der Waals surface area contributed by atoms with E-state index in [9.17, 15) is 4.79 Å². The first-order valence-electron chi connectivity index (χ1n) is 5.94. The van der Waals surface area contributed by atoms with Gasteiger partial charge in [-0.25, -0.2) is 4.79 Å². The maximum absolute atomic E-state index is 11.5. The third-order valence-corrected chi connectivity index (χ3v) is 3.99. The van der Waals surface area contributed by atoms with Gasteiger partial charge in [0.25, 0.3) is 0 Å². The molecule has 94 valence electrons. The number of methoxy groups -OCH3 is 1. The van der Waals surface area contributed by atoms with Crippen LogP contribution in [0.2, 0.25) is 0 Å². The summed E-state index contributed by atoms with van der Waals surface area (Å²) in [4.78, 5) is 12.8. The normalized spacial score (nSPS) is 15.8. The van der Waals surface area contributed by atoms with Crippen LogP contribution >= 0.6 is 11.8 Å². The Balaban J connectivity index is 2.18. The molecule has 3 heteroatoms. The summed E-state index contributed by atoms with van der Waals surface area (Å²) in [5.41, 5.74) is 1.78. The Morgan fingerprint density at radius 2 is 2.05 bits per heavy atom. The van der Waals surface area contributed by atoms with Gasteiger partial charge in [-0.1, -0.05) is 36.1 Å². The summed E-state index contributed by atoms with van der Waals surface area (Å²) in [5, 5.41) is 4.21. The van der Waals surface area contributed by atoms with E-state index in [1.165, 1.54) is 17.6 Å². The fourth-order valence-electron chi connectivity index (χ4n) is 2.09. The van der Waals surface area contributed by atoms with Crippen LogP contribution in [0.1, 0.15) is 10.4 Å². The first-order valence-corrected chi connectivity index (χ1v) is 6.82. The van der Waals surface area contributed by atoms with Gasteiger partial charge < -0.3 is 4.74 Å². The molecule has 0 fully saturated rings. The summed E-state index contributed by atoms with van der Waals surface area (Å²) in [5.74, 6) is -0.305. The second kappa shape index (κ2) is 4.94. The molecule has 0 aromatic heterocycles. The van der Waals surface area contributed by atoms with Crippen molar-refractivity contribution in [3.8, 4) is 0 Å². The lowest BCUT2D eigenvalue weighted by Crippen LogP contribution is -2.25. The average molecular weight is 268 g/mol. The smallest absolute Gasteiger partial charge is 0.337 e. The summed E-state index contributed by atoms with van der Waals surface area (Å²) in [6.07, 6.45) is 10.4. The van der Waals surface area contributed by atoms with Crippen LogP contribution in [0.25, 0.3) is 12.2 Å². The summed E-state index contributed by atoms with van der Waals surface area (Å²) in [7, 11) is 1.40. The zero-order valence-corrected chi connectivity index (χ0v) is 11.2. The van der Waals surface area contributed by atoms with E-state index in [2.05, 4.69) is 23.6 Å². The molecule has 1 aromatic rings. The van der Waals surface area contributed by atoms with Crippen LogP contribution in [0, 0.1) is 0 Å². The van der Waals surface area contributed by atoms with E-state index in [0.29, 0.717) is 5.56 Å². The van der Waals surface area contributed by atoms with E-state index in [1.807, 2.05) is 24.3 Å². The highest BCUT2D eigenvalue weighted by molar-refractivity contribution is 8.06. The quantitative estimate of drug-likeness (QED) is 0.730. The molecule has 3 rings (SSSR count). The van der Waals surface area contributed by atoms with E-state index in [4.69, 9.17) is 4.74 Å². The molecule has 1 aromatic carbocycles. The van der Waals surface area contributed by atoms with Crippen molar-refractivity contribution in [2.75, 3.05) is 7.11 Å². The first kappa shape index (κ1) is 12.1. The standard InChI is InChI=1S/C16H12O2S/c1-18-16(17)14-5-4-11-9-13-3-2-8-19-15(13)7-6-12(11)10-14/h2-10H,1H3. The Labute approximate surface area is 115 Å². The number of fused-ring (bicyclic) bond motifs is 2. The molecule has 0 N–H and O–H groups in total. The van der Waals surface area contributed by atoms with Crippen molar-refractivity contribution in [2.24, 2.45) is 0 Å². The molecule has 2 nitrogen and oxygen atoms in total. The molecule has 1 aliphatic carbocycles. The molecule has 0 radical (unpaired) electrons. The van der Waals surface area contributed by atoms with Gasteiger partial charge >= 0.3 is 5.97 Å². The fraction of sp³-hybridized carbons (Fsp3) is 0.0625. The number of thioether (sulfide) groups is 1. The monoisotopic (exact) mass is 268 g/mol. The summed E-state index contributed by atoms with van der Waals surface area (Å²) < 4.78 is 4.75. The Morgan fingerprint density at radius 3 is 2.89 bits per heavy atom. The number of benzene rings is 1. The second-order valence-electron chi connectivity index (χ2n) is 4.25. The molecule has 1 heterocycles. The molecule has 0 spiro atoms. The second-order valence-corrected chi connectivity index (χ2v) is 5.19. The van der Waals surface area contributed by atoms with Gasteiger partial charge in [-0.2, -0.15) is 0 Å². The number of allylic oxidation sites excluding steroid dienone is 4. The van der Waals surface area contributed by atoms with Gasteiger partial charge in [-0.15, -0.1) is 0 Å². The van der Waals surface area contributed by atoms with Crippen LogP contribution < -0.4 is 10.4 Å². The number of hydrogen-bond acceptors (Lipinski definition) is 3. The molecule has 19 heavy (non-hydrogen) atoms. The van der Waals surface area contributed by atoms with Crippen molar-refractivity contribution in [3.63, 3.8) is 0 Å². The first-order chi connectivity index (χ1) is 9.28. The number of carbonyl (C=O) groups is 1. The zero-order chi connectivity index (χ0) is 13.2. The molecule has 0 amide bonds. The van der Waals surface area contributed by atoms with Gasteiger partial charge in [0, 0.05) is 4.91 Å². The molecular weight excluding hydrogens is 256 g/mol. The van der Waals surface area contributed by atoms with Crippen molar-refractivity contribution >= 4 is 29.9 Å². The van der Waals surface area contributed by atoms with Crippen LogP contribution in [0.15, 0.2) is 52.3 Å². The van der Waals surface area contributed by atoms with E-state index in [0.717, 1.165) is 10.4 Å². The molecule has 0 saturated heterocycles. The minimum Gasteiger partial charge on any atom is -0.465 e. The number of rotatable bonds is 1. The van der Waals surface area contributed by atoms with Gasteiger partial charge in [0.1, 0.15) is 0 Å². The molecule has 0 bridgehead atoms. The van der Waals surface area contributed by atoms with Crippen LogP contribution in [-0.4, -0.2) is 13.1 Å². The van der Waals surface area contributed by atoms with Crippen molar-refractivity contribution in [2.45, 2.75) is 0 Å². The van der Waals surface area contributed by atoms with Gasteiger partial charge in [-0.3, -0.25) is 0 Å². The van der Waals surface area contributed by atoms with Gasteiger partial charge in [-0.05, 0) is 45.7 Å². The zero-order valence-electron chi connectivity index (χ0n) is 10.4. The molecule has 0 saturated carbocycles. The molecule has 0 unspecified atom stereocenters. The summed E-state index contributed by atoms with van der Waals surface area (Å²) in [6, 6.07) is 5.62. The third-order valence-electron chi connectivity index (χ3n) is 3.07. The van der Waals surface area contributed by atoms with Crippen LogP contribution in [0.3, 0.4) is 0 Å². The Morgan fingerprint density at radius 1 is 1.16 bits per heavy atom. The Kier molecular flexibility index (Phi) is 3.13. The average Bonchev–Trinajstić information content (AvgIpc) is 2.64. The minimum atomic E-state index is -0.305. The predicted molar refractivity (Wildman–Crippen MR) is 78.9 cm³/mol. The fourth-order valence-corrected chi connectivity index (χ4v) is 2.80. The topological polar surface area (TPSA) is 26.3 Å². The van der Waals surface area contributed by atoms with Gasteiger partial charge in [0.05, 0.1) is 12.7 Å². The SMILES string of the molecule is COC(=O)c1ccc2c(c1)=CC=C1SC=CC=C1C=2. The highest BCUT2D eigenvalue weighted by Gasteiger charge is 2.08. The van der Waals surface area contributed by atoms with Gasteiger partial charge in [0.15, 0.2) is 0 Å². The molecular formula is C16H12O2S. The summed E-state index contributed by atoms with van der Waals surface area (Å²) in [6.45, 7) is 0. The Hall–Kier alpha value is -2.00. The van der Waals surface area contributed by atoms with Crippen LogP contribution in [0.5, 0.6) is 0 Å². The van der Waals surface area contributed by atoms with Crippen molar-refractivity contribution in [3.05, 3.63) is 68.3 Å². The maximum atomic E-state index is 11.5. The number of ether oxygens (including phenoxy) is 1. The minimum absolute atomic E-state index is 0.305. The predicted octanol–water partition coefficient (Wildman–Crippen LogP) is 2.12. The number of esters is 1. The highest BCUT2D eigenvalue weighted by Crippen LogP contribution is 2.30. The van der Waals surface area contributed by atoms with Crippen LogP contribution in [0.4, 0.5) is 0 Å². The highest BCUT2D eigenvalue weighted by atomic mass is 32.2. The largest absolute Gasteiger partial charge is 0.465 e. The Bertz CT molecular complexity index is 751. The van der Waals surface area contributed by atoms with Crippen molar-refractivity contribution in [1.82, 2.24) is 0 Å². The van der Waals surface area contributed by atoms with Crippen molar-refractivity contribution < 1.29 is 9.53 Å². The van der Waals surface area contributed by atoms with E-state index >= 15 is 0 Å². The molecule has 0 atom stereocenters. The van der Waals surface area contributed by atoms with E-state index < -0.39 is 0 Å². The van der Waals surface area contributed by atoms with Crippen molar-refractivity contribution in [1.29, 1.82) is 0 Å². The lowest BCUT2D eigenvalue weighted by molar-refractivity contribution is 0.0600. The van der Waals surface area contributed by atoms with Gasteiger partial charge in [0.2, 0.25) is 0 Å². The molecule has 1 aliphatic heterocycles. The van der Waals surface area contributed by atoms with E-state index in [1.54, 1.807) is 17.8 Å². The molecule has 2 aliphatic rings. The lowest BCUT2D eigenvalue weighted by atomic mass is 10.1. The third kappa shape index (κ3) is 2.29. The van der Waals surface area contributed by atoms with E-state index in [-0.39, 0.29) is 5.97 Å². The summed E-state index contributed by atoms with van der Waals surface area (Å²) >= 11 is 1.70.